The number of rotatable bonds is 6. The second-order valence-corrected chi connectivity index (χ2v) is 6.70. The highest BCUT2D eigenvalue weighted by Crippen LogP contribution is 2.23. The number of carbonyl (C=O) groups excluding carboxylic acids is 1. The first kappa shape index (κ1) is 18.7. The van der Waals surface area contributed by atoms with Crippen LogP contribution in [0.15, 0.2) is 73.1 Å². The molecule has 29 heavy (non-hydrogen) atoms. The number of hydrogen-bond donors (Lipinski definition) is 1. The Balaban J connectivity index is 1.63. The van der Waals surface area contributed by atoms with Gasteiger partial charge in [0.05, 0.1) is 25.0 Å². The van der Waals surface area contributed by atoms with Crippen molar-refractivity contribution in [3.8, 4) is 17.0 Å². The molecule has 2 heterocycles. The fourth-order valence-corrected chi connectivity index (χ4v) is 3.37. The normalized spacial score (nSPS) is 11.9. The van der Waals surface area contributed by atoms with Crippen molar-refractivity contribution in [2.24, 2.45) is 0 Å². The smallest absolute Gasteiger partial charge is 0.257 e. The molecule has 2 aromatic heterocycles. The van der Waals surface area contributed by atoms with Gasteiger partial charge in [0.2, 0.25) is 0 Å². The predicted molar refractivity (Wildman–Crippen MR) is 112 cm³/mol. The van der Waals surface area contributed by atoms with Crippen molar-refractivity contribution in [1.82, 2.24) is 19.9 Å². The molecule has 4 aromatic rings. The van der Waals surface area contributed by atoms with E-state index in [1.165, 1.54) is 0 Å². The molecular weight excluding hydrogens is 364 g/mol. The second kappa shape index (κ2) is 8.14. The second-order valence-electron chi connectivity index (χ2n) is 6.70. The first-order valence-electron chi connectivity index (χ1n) is 9.54. The molecule has 4 rings (SSSR count). The van der Waals surface area contributed by atoms with Gasteiger partial charge in [-0.05, 0) is 30.2 Å². The van der Waals surface area contributed by atoms with E-state index in [1.54, 1.807) is 24.0 Å². The Hall–Kier alpha value is -3.67. The molecule has 0 aliphatic heterocycles. The summed E-state index contributed by atoms with van der Waals surface area (Å²) in [7, 11) is 1.63. The van der Waals surface area contributed by atoms with Crippen molar-refractivity contribution in [3.63, 3.8) is 0 Å². The third-order valence-corrected chi connectivity index (χ3v) is 4.95. The summed E-state index contributed by atoms with van der Waals surface area (Å²) in [5.74, 6) is 0.593. The lowest BCUT2D eigenvalue weighted by Gasteiger charge is -2.17. The van der Waals surface area contributed by atoms with Crippen molar-refractivity contribution in [2.75, 3.05) is 7.11 Å². The number of carbonyl (C=O) groups is 1. The van der Waals surface area contributed by atoms with Crippen LogP contribution in [0.5, 0.6) is 5.75 Å². The SMILES string of the molecule is CCC(NC(=O)c1cnn2c(-c3ccccc3)ccnc12)c1ccc(OC)cc1. The Bertz CT molecular complexity index is 1120. The van der Waals surface area contributed by atoms with Crippen LogP contribution in [0, 0.1) is 0 Å². The van der Waals surface area contributed by atoms with E-state index in [2.05, 4.69) is 15.4 Å². The van der Waals surface area contributed by atoms with Crippen LogP contribution in [0.3, 0.4) is 0 Å². The average molecular weight is 386 g/mol. The number of methoxy groups -OCH3 is 1. The summed E-state index contributed by atoms with van der Waals surface area (Å²) in [6.45, 7) is 2.04. The molecule has 6 nitrogen and oxygen atoms in total. The van der Waals surface area contributed by atoms with Crippen molar-refractivity contribution < 1.29 is 9.53 Å². The van der Waals surface area contributed by atoms with E-state index in [4.69, 9.17) is 4.74 Å². The lowest BCUT2D eigenvalue weighted by molar-refractivity contribution is 0.0937. The Labute approximate surface area is 169 Å². The van der Waals surface area contributed by atoms with E-state index < -0.39 is 0 Å². The lowest BCUT2D eigenvalue weighted by atomic mass is 10.0. The van der Waals surface area contributed by atoms with Gasteiger partial charge in [-0.25, -0.2) is 9.50 Å². The van der Waals surface area contributed by atoms with Gasteiger partial charge < -0.3 is 10.1 Å². The zero-order valence-corrected chi connectivity index (χ0v) is 16.4. The monoisotopic (exact) mass is 386 g/mol. The predicted octanol–water partition coefficient (Wildman–Crippen LogP) is 4.29. The number of amides is 1. The van der Waals surface area contributed by atoms with E-state index in [1.807, 2.05) is 67.6 Å². The molecule has 6 heteroatoms. The van der Waals surface area contributed by atoms with E-state index >= 15 is 0 Å². The maximum Gasteiger partial charge on any atom is 0.257 e. The number of aromatic nitrogens is 3. The summed E-state index contributed by atoms with van der Waals surface area (Å²) in [5, 5.41) is 7.52. The van der Waals surface area contributed by atoms with Crippen LogP contribution in [0.25, 0.3) is 16.9 Å². The van der Waals surface area contributed by atoms with E-state index in [9.17, 15) is 4.79 Å². The highest BCUT2D eigenvalue weighted by atomic mass is 16.5. The molecule has 0 bridgehead atoms. The fourth-order valence-electron chi connectivity index (χ4n) is 3.37. The van der Waals surface area contributed by atoms with Gasteiger partial charge in [-0.2, -0.15) is 5.10 Å². The largest absolute Gasteiger partial charge is 0.497 e. The third-order valence-electron chi connectivity index (χ3n) is 4.95. The Morgan fingerprint density at radius 2 is 1.86 bits per heavy atom. The first-order chi connectivity index (χ1) is 14.2. The van der Waals surface area contributed by atoms with Crippen LogP contribution in [0.4, 0.5) is 0 Å². The number of hydrogen-bond acceptors (Lipinski definition) is 4. The molecule has 2 aromatic carbocycles. The van der Waals surface area contributed by atoms with Gasteiger partial charge in [0, 0.05) is 11.8 Å². The Morgan fingerprint density at radius 1 is 1.10 bits per heavy atom. The summed E-state index contributed by atoms with van der Waals surface area (Å²) in [5.41, 5.74) is 3.91. The molecule has 0 saturated carbocycles. The number of ether oxygens (including phenoxy) is 1. The average Bonchev–Trinajstić information content (AvgIpc) is 3.22. The minimum absolute atomic E-state index is 0.110. The van der Waals surface area contributed by atoms with Crippen LogP contribution >= 0.6 is 0 Å². The molecule has 1 unspecified atom stereocenters. The molecule has 1 N–H and O–H groups in total. The summed E-state index contributed by atoms with van der Waals surface area (Å²) in [6.07, 6.45) is 4.04. The fraction of sp³-hybridized carbons (Fsp3) is 0.174. The quantitative estimate of drug-likeness (QED) is 0.537. The van der Waals surface area contributed by atoms with Crippen molar-refractivity contribution in [2.45, 2.75) is 19.4 Å². The number of benzene rings is 2. The molecule has 0 aliphatic rings. The van der Waals surface area contributed by atoms with Crippen molar-refractivity contribution >= 4 is 11.6 Å². The van der Waals surface area contributed by atoms with E-state index in [-0.39, 0.29) is 11.9 Å². The van der Waals surface area contributed by atoms with Gasteiger partial charge in [0.15, 0.2) is 5.65 Å². The zero-order chi connectivity index (χ0) is 20.2. The molecule has 0 fully saturated rings. The molecule has 0 aliphatic carbocycles. The minimum Gasteiger partial charge on any atom is -0.497 e. The molecule has 0 spiro atoms. The van der Waals surface area contributed by atoms with E-state index in [0.29, 0.717) is 11.2 Å². The first-order valence-corrected chi connectivity index (χ1v) is 9.54. The Morgan fingerprint density at radius 3 is 2.55 bits per heavy atom. The highest BCUT2D eigenvalue weighted by molar-refractivity contribution is 6.00. The van der Waals surface area contributed by atoms with Crippen molar-refractivity contribution in [1.29, 1.82) is 0 Å². The van der Waals surface area contributed by atoms with Gasteiger partial charge >= 0.3 is 0 Å². The highest BCUT2D eigenvalue weighted by Gasteiger charge is 2.19. The molecule has 0 radical (unpaired) electrons. The minimum atomic E-state index is -0.194. The molecule has 0 saturated heterocycles. The number of nitrogens with one attached hydrogen (secondary N) is 1. The van der Waals surface area contributed by atoms with Crippen molar-refractivity contribution in [3.05, 3.63) is 84.2 Å². The van der Waals surface area contributed by atoms with E-state index in [0.717, 1.165) is 29.0 Å². The van der Waals surface area contributed by atoms with Gasteiger partial charge in [-0.15, -0.1) is 0 Å². The number of fused-ring (bicyclic) bond motifs is 1. The summed E-state index contributed by atoms with van der Waals surface area (Å²) < 4.78 is 6.92. The van der Waals surface area contributed by atoms with Crippen LogP contribution in [-0.2, 0) is 0 Å². The topological polar surface area (TPSA) is 68.5 Å². The molecule has 146 valence electrons. The molecular formula is C23H22N4O2. The summed E-state index contributed by atoms with van der Waals surface area (Å²) >= 11 is 0. The van der Waals surface area contributed by atoms with Gasteiger partial charge in [-0.3, -0.25) is 4.79 Å². The van der Waals surface area contributed by atoms with Crippen LogP contribution in [0.1, 0.15) is 35.3 Å². The maximum atomic E-state index is 13.0. The molecule has 1 amide bonds. The van der Waals surface area contributed by atoms with Gasteiger partial charge in [0.1, 0.15) is 11.3 Å². The number of nitrogens with zero attached hydrogens (tertiary/aromatic N) is 3. The Kier molecular flexibility index (Phi) is 5.24. The van der Waals surface area contributed by atoms with Gasteiger partial charge in [-0.1, -0.05) is 49.4 Å². The zero-order valence-electron chi connectivity index (χ0n) is 16.4. The van der Waals surface area contributed by atoms with Crippen LogP contribution < -0.4 is 10.1 Å². The van der Waals surface area contributed by atoms with Crippen LogP contribution in [-0.4, -0.2) is 27.6 Å². The maximum absolute atomic E-state index is 13.0. The lowest BCUT2D eigenvalue weighted by Crippen LogP contribution is -2.28. The third kappa shape index (κ3) is 3.69. The summed E-state index contributed by atoms with van der Waals surface area (Å²) in [6, 6.07) is 19.4. The summed E-state index contributed by atoms with van der Waals surface area (Å²) in [4.78, 5) is 17.4. The standard InChI is InChI=1S/C23H22N4O2/c1-3-20(16-9-11-18(29-2)12-10-16)26-23(28)19-15-25-27-21(13-14-24-22(19)27)17-7-5-4-6-8-17/h4-15,20H,3H2,1-2H3,(H,26,28). The van der Waals surface area contributed by atoms with Gasteiger partial charge in [0.25, 0.3) is 5.91 Å². The van der Waals surface area contributed by atoms with Crippen LogP contribution in [0.2, 0.25) is 0 Å². The molecule has 1 atom stereocenters.